The molecule has 2 aliphatic heterocycles. The second kappa shape index (κ2) is 8.39. The third kappa shape index (κ3) is 4.09. The van der Waals surface area contributed by atoms with Crippen LogP contribution in [0.15, 0.2) is 18.2 Å². The average molecular weight is 389 g/mol. The summed E-state index contributed by atoms with van der Waals surface area (Å²) in [5.41, 5.74) is 7.19. The van der Waals surface area contributed by atoms with Crippen molar-refractivity contribution in [3.05, 3.63) is 23.8 Å². The Morgan fingerprint density at radius 2 is 1.89 bits per heavy atom. The van der Waals surface area contributed by atoms with Crippen molar-refractivity contribution in [2.45, 2.75) is 38.6 Å². The van der Waals surface area contributed by atoms with Gasteiger partial charge in [0.25, 0.3) is 0 Å². The normalized spacial score (nSPS) is 19.8. The van der Waals surface area contributed by atoms with E-state index in [1.807, 2.05) is 28.9 Å². The minimum absolute atomic E-state index is 0.0509. The van der Waals surface area contributed by atoms with Crippen LogP contribution >= 0.6 is 0 Å². The number of hydrogen-bond donors (Lipinski definition) is 1. The minimum atomic E-state index is -0.396. The zero-order valence-corrected chi connectivity index (χ0v) is 17.1. The summed E-state index contributed by atoms with van der Waals surface area (Å²) in [5, 5.41) is 0. The highest BCUT2D eigenvalue weighted by Gasteiger charge is 2.44. The number of carbonyl (C=O) groups excluding carboxylic acids is 2. The lowest BCUT2D eigenvalue weighted by Gasteiger charge is -2.39. The molecule has 0 saturated carbocycles. The Morgan fingerprint density at radius 3 is 2.46 bits per heavy atom. The van der Waals surface area contributed by atoms with E-state index in [1.165, 1.54) is 0 Å². The van der Waals surface area contributed by atoms with Gasteiger partial charge in [0, 0.05) is 50.5 Å². The standard InChI is InChI=1S/C21H31N3O4/c1-4-23-14-21(13-20(23)26)7-9-24(10-8-21)19(25)12-16(22)15-5-6-17(27-2)18(11-15)28-3/h5-6,11,16H,4,7-10,12-14,22H2,1-3H3. The van der Waals surface area contributed by atoms with Crippen molar-refractivity contribution in [2.24, 2.45) is 11.1 Å². The maximum atomic E-state index is 12.8. The molecule has 0 radical (unpaired) electrons. The number of carbonyl (C=O) groups is 2. The maximum Gasteiger partial charge on any atom is 0.224 e. The Kier molecular flexibility index (Phi) is 6.13. The van der Waals surface area contributed by atoms with E-state index < -0.39 is 6.04 Å². The number of ether oxygens (including phenoxy) is 2. The molecule has 3 rings (SSSR count). The monoisotopic (exact) mass is 389 g/mol. The first-order valence-electron chi connectivity index (χ1n) is 9.94. The predicted octanol–water partition coefficient (Wildman–Crippen LogP) is 1.95. The van der Waals surface area contributed by atoms with E-state index in [0.29, 0.717) is 31.0 Å². The van der Waals surface area contributed by atoms with Gasteiger partial charge < -0.3 is 25.0 Å². The lowest BCUT2D eigenvalue weighted by molar-refractivity contribution is -0.133. The van der Waals surface area contributed by atoms with Crippen LogP contribution in [0.5, 0.6) is 11.5 Å². The number of likely N-dealkylation sites (tertiary alicyclic amines) is 2. The fourth-order valence-corrected chi connectivity index (χ4v) is 4.35. The van der Waals surface area contributed by atoms with Crippen LogP contribution in [0.4, 0.5) is 0 Å². The summed E-state index contributed by atoms with van der Waals surface area (Å²) >= 11 is 0. The number of amides is 2. The van der Waals surface area contributed by atoms with Crippen LogP contribution in [0, 0.1) is 5.41 Å². The molecule has 2 N–H and O–H groups in total. The molecule has 1 aromatic carbocycles. The zero-order valence-electron chi connectivity index (χ0n) is 17.1. The summed E-state index contributed by atoms with van der Waals surface area (Å²) in [4.78, 5) is 28.7. The molecule has 154 valence electrons. The molecular formula is C21H31N3O4. The van der Waals surface area contributed by atoms with Crippen molar-refractivity contribution in [1.29, 1.82) is 0 Å². The fourth-order valence-electron chi connectivity index (χ4n) is 4.35. The first-order chi connectivity index (χ1) is 13.4. The molecule has 28 heavy (non-hydrogen) atoms. The Hall–Kier alpha value is -2.28. The van der Waals surface area contributed by atoms with Crippen LogP contribution in [0.3, 0.4) is 0 Å². The molecular weight excluding hydrogens is 358 g/mol. The molecule has 1 atom stereocenters. The van der Waals surface area contributed by atoms with Gasteiger partial charge in [-0.05, 0) is 37.5 Å². The summed E-state index contributed by atoms with van der Waals surface area (Å²) in [5.74, 6) is 1.55. The summed E-state index contributed by atoms with van der Waals surface area (Å²) < 4.78 is 10.6. The number of methoxy groups -OCH3 is 2. The zero-order chi connectivity index (χ0) is 20.3. The summed E-state index contributed by atoms with van der Waals surface area (Å²) in [6.45, 7) is 5.01. The van der Waals surface area contributed by atoms with Crippen LogP contribution < -0.4 is 15.2 Å². The van der Waals surface area contributed by atoms with Crippen LogP contribution in [-0.4, -0.2) is 62.0 Å². The van der Waals surface area contributed by atoms with Gasteiger partial charge in [-0.3, -0.25) is 9.59 Å². The molecule has 2 heterocycles. The Bertz CT molecular complexity index is 728. The average Bonchev–Trinajstić information content (AvgIpc) is 3.02. The second-order valence-electron chi connectivity index (χ2n) is 7.89. The van der Waals surface area contributed by atoms with Crippen LogP contribution in [0.2, 0.25) is 0 Å². The van der Waals surface area contributed by atoms with Gasteiger partial charge in [0.15, 0.2) is 11.5 Å². The highest BCUT2D eigenvalue weighted by Crippen LogP contribution is 2.41. The molecule has 1 unspecified atom stereocenters. The Balaban J connectivity index is 1.57. The van der Waals surface area contributed by atoms with Gasteiger partial charge in [0.05, 0.1) is 14.2 Å². The third-order valence-corrected chi connectivity index (χ3v) is 6.19. The fraction of sp³-hybridized carbons (Fsp3) is 0.619. The maximum absolute atomic E-state index is 12.8. The number of hydrogen-bond acceptors (Lipinski definition) is 5. The quantitative estimate of drug-likeness (QED) is 0.804. The van der Waals surface area contributed by atoms with Crippen LogP contribution in [-0.2, 0) is 9.59 Å². The molecule has 2 fully saturated rings. The van der Waals surface area contributed by atoms with Crippen molar-refractivity contribution in [3.8, 4) is 11.5 Å². The third-order valence-electron chi connectivity index (χ3n) is 6.19. The Morgan fingerprint density at radius 1 is 1.21 bits per heavy atom. The van der Waals surface area contributed by atoms with Crippen LogP contribution in [0.25, 0.3) is 0 Å². The molecule has 1 spiro atoms. The van der Waals surface area contributed by atoms with Crippen molar-refractivity contribution >= 4 is 11.8 Å². The lowest BCUT2D eigenvalue weighted by Crippen LogP contribution is -2.44. The summed E-state index contributed by atoms with van der Waals surface area (Å²) in [6.07, 6.45) is 2.63. The first-order valence-corrected chi connectivity index (χ1v) is 9.94. The highest BCUT2D eigenvalue weighted by atomic mass is 16.5. The molecule has 0 bridgehead atoms. The van der Waals surface area contributed by atoms with Gasteiger partial charge in [-0.2, -0.15) is 0 Å². The number of piperidine rings is 1. The molecule has 7 heteroatoms. The number of rotatable bonds is 6. The van der Waals surface area contributed by atoms with Gasteiger partial charge in [0.1, 0.15) is 0 Å². The van der Waals surface area contributed by atoms with E-state index >= 15 is 0 Å². The molecule has 0 aliphatic carbocycles. The SMILES string of the molecule is CCN1CC2(CCN(C(=O)CC(N)c3ccc(OC)c(OC)c3)CC2)CC1=O. The van der Waals surface area contributed by atoms with Crippen LogP contribution in [0.1, 0.15) is 44.2 Å². The summed E-state index contributed by atoms with van der Waals surface area (Å²) in [6, 6.07) is 5.10. The minimum Gasteiger partial charge on any atom is -0.493 e. The van der Waals surface area contributed by atoms with E-state index in [9.17, 15) is 9.59 Å². The lowest BCUT2D eigenvalue weighted by atomic mass is 9.77. The van der Waals surface area contributed by atoms with E-state index in [0.717, 1.165) is 31.5 Å². The number of nitrogens with two attached hydrogens (primary N) is 1. The molecule has 0 aromatic heterocycles. The van der Waals surface area contributed by atoms with Gasteiger partial charge in [0.2, 0.25) is 11.8 Å². The predicted molar refractivity (Wildman–Crippen MR) is 106 cm³/mol. The second-order valence-corrected chi connectivity index (χ2v) is 7.89. The van der Waals surface area contributed by atoms with Gasteiger partial charge in [-0.1, -0.05) is 6.07 Å². The van der Waals surface area contributed by atoms with E-state index in [4.69, 9.17) is 15.2 Å². The highest BCUT2D eigenvalue weighted by molar-refractivity contribution is 5.80. The van der Waals surface area contributed by atoms with Crippen molar-refractivity contribution in [2.75, 3.05) is 40.4 Å². The first kappa shape index (κ1) is 20.5. The summed E-state index contributed by atoms with van der Waals surface area (Å²) in [7, 11) is 3.16. The van der Waals surface area contributed by atoms with Gasteiger partial charge in [-0.15, -0.1) is 0 Å². The molecule has 2 saturated heterocycles. The van der Waals surface area contributed by atoms with Crippen molar-refractivity contribution in [1.82, 2.24) is 9.80 Å². The van der Waals surface area contributed by atoms with Gasteiger partial charge >= 0.3 is 0 Å². The van der Waals surface area contributed by atoms with Crippen molar-refractivity contribution < 1.29 is 19.1 Å². The topological polar surface area (TPSA) is 85.1 Å². The molecule has 1 aromatic rings. The smallest absolute Gasteiger partial charge is 0.224 e. The van der Waals surface area contributed by atoms with Crippen molar-refractivity contribution in [3.63, 3.8) is 0 Å². The number of nitrogens with zero attached hydrogens (tertiary/aromatic N) is 2. The van der Waals surface area contributed by atoms with Gasteiger partial charge in [-0.25, -0.2) is 0 Å². The molecule has 2 aliphatic rings. The van der Waals surface area contributed by atoms with E-state index in [1.54, 1.807) is 20.3 Å². The van der Waals surface area contributed by atoms with E-state index in [-0.39, 0.29) is 23.7 Å². The van der Waals surface area contributed by atoms with E-state index in [2.05, 4.69) is 0 Å². The molecule has 2 amide bonds. The number of benzene rings is 1. The Labute approximate surface area is 166 Å². The molecule has 7 nitrogen and oxygen atoms in total. The largest absolute Gasteiger partial charge is 0.493 e.